The molecule has 1 fully saturated rings. The molecule has 1 unspecified atom stereocenters. The molecule has 3 rings (SSSR count). The summed E-state index contributed by atoms with van der Waals surface area (Å²) >= 11 is 9.19. The Morgan fingerprint density at radius 1 is 1.29 bits per heavy atom. The minimum absolute atomic E-state index is 0.0109. The minimum atomic E-state index is -0.160. The number of benzene rings is 2. The lowest BCUT2D eigenvalue weighted by Crippen LogP contribution is -2.40. The van der Waals surface area contributed by atoms with E-state index in [1.807, 2.05) is 19.1 Å². The lowest BCUT2D eigenvalue weighted by Gasteiger charge is -2.21. The summed E-state index contributed by atoms with van der Waals surface area (Å²) in [6.07, 6.45) is 2.76. The predicted octanol–water partition coefficient (Wildman–Crippen LogP) is 5.75. The van der Waals surface area contributed by atoms with Gasteiger partial charge in [-0.15, -0.1) is 6.58 Å². The van der Waals surface area contributed by atoms with Crippen molar-refractivity contribution >= 4 is 45.0 Å². The van der Waals surface area contributed by atoms with Gasteiger partial charge in [-0.3, -0.25) is 9.59 Å². The summed E-state index contributed by atoms with van der Waals surface area (Å²) in [6.45, 7) is 7.73. The summed E-state index contributed by atoms with van der Waals surface area (Å²) in [4.78, 5) is 22.9. The number of allylic oxidation sites excluding steroid dienone is 1. The Hall–Kier alpha value is -2.11. The fourth-order valence-electron chi connectivity index (χ4n) is 2.37. The molecule has 4 nitrogen and oxygen atoms in total. The van der Waals surface area contributed by atoms with E-state index in [0.717, 1.165) is 4.47 Å². The van der Waals surface area contributed by atoms with Crippen LogP contribution in [0.3, 0.4) is 0 Å². The molecule has 28 heavy (non-hydrogen) atoms. The van der Waals surface area contributed by atoms with Gasteiger partial charge in [0.15, 0.2) is 0 Å². The largest absolute Gasteiger partial charge is 0.355 e. The van der Waals surface area contributed by atoms with Gasteiger partial charge < -0.3 is 10.6 Å². The number of piperidine rings is 1. The third-order valence-corrected chi connectivity index (χ3v) is 4.44. The van der Waals surface area contributed by atoms with E-state index in [1.54, 1.807) is 30.3 Å². The Morgan fingerprint density at radius 3 is 2.46 bits per heavy atom. The molecular weight excluding hydrogens is 440 g/mol. The average Bonchev–Trinajstić information content (AvgIpc) is 2.63. The fourth-order valence-corrected chi connectivity index (χ4v) is 3.08. The highest BCUT2D eigenvalue weighted by molar-refractivity contribution is 9.10. The molecule has 0 aliphatic carbocycles. The molecule has 0 aromatic heterocycles. The van der Waals surface area contributed by atoms with Crippen LogP contribution in [0, 0.1) is 12.8 Å². The molecule has 0 radical (unpaired) electrons. The molecule has 2 aromatic rings. The monoisotopic (exact) mass is 464 g/mol. The first kappa shape index (κ1) is 23.9. The highest BCUT2D eigenvalue weighted by atomic mass is 79.9. The number of rotatable bonds is 2. The number of amides is 2. The lowest BCUT2D eigenvalue weighted by molar-refractivity contribution is -0.126. The van der Waals surface area contributed by atoms with Crippen molar-refractivity contribution in [2.24, 2.45) is 5.92 Å². The Labute approximate surface area is 180 Å². The van der Waals surface area contributed by atoms with Crippen LogP contribution < -0.4 is 10.6 Å². The lowest BCUT2D eigenvalue weighted by atomic mass is 9.98. The highest BCUT2D eigenvalue weighted by Crippen LogP contribution is 2.18. The first-order chi connectivity index (χ1) is 13.3. The van der Waals surface area contributed by atoms with Gasteiger partial charge in [-0.25, -0.2) is 0 Å². The third-order valence-electron chi connectivity index (χ3n) is 3.71. The molecule has 1 atom stereocenters. The Morgan fingerprint density at radius 2 is 1.96 bits per heavy atom. The molecule has 1 aliphatic heterocycles. The van der Waals surface area contributed by atoms with Gasteiger partial charge in [0.25, 0.3) is 0 Å². The summed E-state index contributed by atoms with van der Waals surface area (Å²) < 4.78 is 1.15. The summed E-state index contributed by atoms with van der Waals surface area (Å²) in [5.74, 6) is -0.226. The number of halogens is 2. The zero-order chi connectivity index (χ0) is 20.9. The maximum Gasteiger partial charge on any atom is 0.229 e. The SMILES string of the molecule is C=CC.Cc1cccc(Br)c1.O=C1CCC(C(=O)Nc2cccc(Cl)c2)CN1. The van der Waals surface area contributed by atoms with Crippen molar-refractivity contribution in [1.82, 2.24) is 5.32 Å². The second-order valence-corrected chi connectivity index (χ2v) is 7.60. The number of hydrogen-bond acceptors (Lipinski definition) is 2. The standard InChI is InChI=1S/C12H13ClN2O2.C7H7Br.C3H6/c13-9-2-1-3-10(6-9)15-12(17)8-4-5-11(16)14-7-8;1-6-3-2-4-7(8)5-6;1-3-2/h1-3,6,8H,4-5,7H2,(H,14,16)(H,15,17);2-5H,1H3;3H,1H2,2H3. The van der Waals surface area contributed by atoms with Crippen molar-refractivity contribution in [2.45, 2.75) is 26.7 Å². The smallest absolute Gasteiger partial charge is 0.229 e. The van der Waals surface area contributed by atoms with Gasteiger partial charge in [-0.1, -0.05) is 57.4 Å². The van der Waals surface area contributed by atoms with Gasteiger partial charge in [-0.2, -0.15) is 0 Å². The van der Waals surface area contributed by atoms with Gasteiger partial charge in [-0.05, 0) is 50.6 Å². The highest BCUT2D eigenvalue weighted by Gasteiger charge is 2.24. The molecule has 0 spiro atoms. The van der Waals surface area contributed by atoms with E-state index < -0.39 is 0 Å². The summed E-state index contributed by atoms with van der Waals surface area (Å²) in [6, 6.07) is 15.2. The topological polar surface area (TPSA) is 58.2 Å². The molecule has 1 heterocycles. The zero-order valence-corrected chi connectivity index (χ0v) is 18.5. The van der Waals surface area contributed by atoms with Crippen LogP contribution in [0.25, 0.3) is 0 Å². The van der Waals surface area contributed by atoms with Crippen LogP contribution in [-0.4, -0.2) is 18.4 Å². The number of carbonyl (C=O) groups excluding carboxylic acids is 2. The molecule has 1 saturated heterocycles. The number of nitrogens with one attached hydrogen (secondary N) is 2. The number of aryl methyl sites for hydroxylation is 1. The third kappa shape index (κ3) is 9.72. The molecule has 1 aliphatic rings. The predicted molar refractivity (Wildman–Crippen MR) is 121 cm³/mol. The van der Waals surface area contributed by atoms with Gasteiger partial charge in [0.1, 0.15) is 0 Å². The van der Waals surface area contributed by atoms with Crippen LogP contribution in [0.1, 0.15) is 25.3 Å². The maximum absolute atomic E-state index is 11.9. The zero-order valence-electron chi connectivity index (χ0n) is 16.2. The van der Waals surface area contributed by atoms with Crippen molar-refractivity contribution in [3.63, 3.8) is 0 Å². The molecule has 150 valence electrons. The molecule has 0 bridgehead atoms. The van der Waals surface area contributed by atoms with Gasteiger partial charge in [0, 0.05) is 28.1 Å². The van der Waals surface area contributed by atoms with E-state index in [-0.39, 0.29) is 17.7 Å². The van der Waals surface area contributed by atoms with Crippen LogP contribution >= 0.6 is 27.5 Å². The molecule has 6 heteroatoms. The maximum atomic E-state index is 11.9. The van der Waals surface area contributed by atoms with Crippen molar-refractivity contribution < 1.29 is 9.59 Å². The number of hydrogen-bond donors (Lipinski definition) is 2. The number of carbonyl (C=O) groups is 2. The van der Waals surface area contributed by atoms with Crippen LogP contribution in [0.2, 0.25) is 5.02 Å². The van der Waals surface area contributed by atoms with E-state index in [0.29, 0.717) is 30.1 Å². The van der Waals surface area contributed by atoms with E-state index in [4.69, 9.17) is 11.6 Å². The van der Waals surface area contributed by atoms with Gasteiger partial charge in [0.2, 0.25) is 11.8 Å². The number of anilines is 1. The van der Waals surface area contributed by atoms with Crippen LogP contribution in [0.4, 0.5) is 5.69 Å². The van der Waals surface area contributed by atoms with Crippen LogP contribution in [0.15, 0.2) is 65.7 Å². The summed E-state index contributed by atoms with van der Waals surface area (Å²) in [7, 11) is 0. The minimum Gasteiger partial charge on any atom is -0.355 e. The molecule has 2 amide bonds. The first-order valence-corrected chi connectivity index (χ1v) is 10.1. The van der Waals surface area contributed by atoms with E-state index >= 15 is 0 Å². The quantitative estimate of drug-likeness (QED) is 0.554. The first-order valence-electron chi connectivity index (χ1n) is 8.98. The average molecular weight is 466 g/mol. The summed E-state index contributed by atoms with van der Waals surface area (Å²) in [5, 5.41) is 6.06. The van der Waals surface area contributed by atoms with E-state index in [2.05, 4.69) is 52.2 Å². The summed E-state index contributed by atoms with van der Waals surface area (Å²) in [5.41, 5.74) is 1.97. The normalized spacial score (nSPS) is 15.0. The molecule has 2 N–H and O–H groups in total. The van der Waals surface area contributed by atoms with Crippen molar-refractivity contribution in [2.75, 3.05) is 11.9 Å². The van der Waals surface area contributed by atoms with Crippen molar-refractivity contribution in [3.8, 4) is 0 Å². The van der Waals surface area contributed by atoms with Gasteiger partial charge in [0.05, 0.1) is 5.92 Å². The molecule has 2 aromatic carbocycles. The fraction of sp³-hybridized carbons (Fsp3) is 0.273. The Kier molecular flexibility index (Phi) is 11.2. The van der Waals surface area contributed by atoms with Crippen LogP contribution in [-0.2, 0) is 9.59 Å². The molecule has 0 saturated carbocycles. The van der Waals surface area contributed by atoms with E-state index in [9.17, 15) is 9.59 Å². The Balaban J connectivity index is 0.000000296. The molecular formula is C22H26BrClN2O2. The van der Waals surface area contributed by atoms with Crippen molar-refractivity contribution in [1.29, 1.82) is 0 Å². The van der Waals surface area contributed by atoms with E-state index in [1.165, 1.54) is 5.56 Å². The van der Waals surface area contributed by atoms with Gasteiger partial charge >= 0.3 is 0 Å². The second-order valence-electron chi connectivity index (χ2n) is 6.25. The Bertz CT molecular complexity index is 768. The van der Waals surface area contributed by atoms with Crippen LogP contribution in [0.5, 0.6) is 0 Å². The van der Waals surface area contributed by atoms with Crippen molar-refractivity contribution in [3.05, 3.63) is 76.2 Å². The second kappa shape index (κ2) is 13.1.